The maximum atomic E-state index is 12.5. The fraction of sp³-hybridized carbons (Fsp3) is 0.294. The summed E-state index contributed by atoms with van der Waals surface area (Å²) in [6, 6.07) is 8.19. The second kappa shape index (κ2) is 6.66. The first-order chi connectivity index (χ1) is 11.5. The molecule has 0 radical (unpaired) electrons. The first-order valence-electron chi connectivity index (χ1n) is 7.72. The minimum Gasteiger partial charge on any atom is -0.338 e. The van der Waals surface area contributed by atoms with Crippen LogP contribution in [0.3, 0.4) is 0 Å². The summed E-state index contributed by atoms with van der Waals surface area (Å²) < 4.78 is 1.37. The van der Waals surface area contributed by atoms with Crippen LogP contribution in [0.15, 0.2) is 47.5 Å². The van der Waals surface area contributed by atoms with E-state index in [0.717, 1.165) is 0 Å². The van der Waals surface area contributed by atoms with Crippen LogP contribution in [0.25, 0.3) is 0 Å². The van der Waals surface area contributed by atoms with Gasteiger partial charge in [-0.3, -0.25) is 14.4 Å². The predicted octanol–water partition coefficient (Wildman–Crippen LogP) is 0.881. The van der Waals surface area contributed by atoms with Gasteiger partial charge in [-0.1, -0.05) is 6.07 Å². The van der Waals surface area contributed by atoms with Crippen LogP contribution < -0.4 is 10.9 Å². The Kier molecular flexibility index (Phi) is 4.41. The van der Waals surface area contributed by atoms with Crippen molar-refractivity contribution in [1.29, 1.82) is 0 Å². The number of carbonyl (C=O) groups is 2. The molecule has 0 bridgehead atoms. The number of aromatic nitrogens is 2. The van der Waals surface area contributed by atoms with E-state index in [4.69, 9.17) is 0 Å². The van der Waals surface area contributed by atoms with Crippen molar-refractivity contribution >= 4 is 17.6 Å². The highest BCUT2D eigenvalue weighted by molar-refractivity contribution is 5.96. The first kappa shape index (κ1) is 15.9. The van der Waals surface area contributed by atoms with Crippen LogP contribution in [-0.2, 0) is 11.8 Å². The Labute approximate surface area is 138 Å². The van der Waals surface area contributed by atoms with Gasteiger partial charge in [-0.05, 0) is 24.6 Å². The Hall–Kier alpha value is -2.96. The third kappa shape index (κ3) is 3.34. The Morgan fingerprint density at radius 1 is 1.25 bits per heavy atom. The molecule has 7 nitrogen and oxygen atoms in total. The average molecular weight is 326 g/mol. The van der Waals surface area contributed by atoms with Crippen molar-refractivity contribution < 1.29 is 9.59 Å². The first-order valence-corrected chi connectivity index (χ1v) is 7.72. The monoisotopic (exact) mass is 326 g/mol. The highest BCUT2D eigenvalue weighted by atomic mass is 16.2. The molecule has 1 N–H and O–H groups in total. The number of likely N-dealkylation sites (tertiary alicyclic amines) is 1. The molecule has 1 atom stereocenters. The van der Waals surface area contributed by atoms with Crippen molar-refractivity contribution in [2.24, 2.45) is 13.0 Å². The van der Waals surface area contributed by atoms with Gasteiger partial charge < -0.3 is 14.8 Å². The van der Waals surface area contributed by atoms with E-state index in [0.29, 0.717) is 30.9 Å². The molecule has 24 heavy (non-hydrogen) atoms. The molecule has 7 heteroatoms. The number of rotatable bonds is 3. The third-order valence-corrected chi connectivity index (χ3v) is 4.10. The Morgan fingerprint density at radius 2 is 2.08 bits per heavy atom. The van der Waals surface area contributed by atoms with Crippen molar-refractivity contribution in [3.05, 3.63) is 58.6 Å². The summed E-state index contributed by atoms with van der Waals surface area (Å²) in [6.07, 6.45) is 3.74. The summed E-state index contributed by atoms with van der Waals surface area (Å²) >= 11 is 0. The van der Waals surface area contributed by atoms with Crippen molar-refractivity contribution in [2.45, 2.75) is 6.42 Å². The standard InChI is InChI=1S/C17H18N4O3/c1-20-10-13(5-6-15(20)22)17(24)21-9-7-12(11-21)16(23)19-14-4-2-3-8-18-14/h2-6,8,10,12H,7,9,11H2,1H3,(H,18,19,23)/t12-/m1/s1. The number of nitrogens with zero attached hydrogens (tertiary/aromatic N) is 3. The normalized spacial score (nSPS) is 16.9. The SMILES string of the molecule is Cn1cc(C(=O)N2CC[C@@H](C(=O)Nc3ccccn3)C2)ccc1=O. The number of aryl methyl sites for hydroxylation is 1. The molecule has 1 aliphatic rings. The summed E-state index contributed by atoms with van der Waals surface area (Å²) in [4.78, 5) is 41.9. The molecule has 3 rings (SSSR count). The number of anilines is 1. The summed E-state index contributed by atoms with van der Waals surface area (Å²) in [5.74, 6) is -0.0583. The molecule has 2 aromatic rings. The van der Waals surface area contributed by atoms with E-state index in [1.807, 2.05) is 0 Å². The number of hydrogen-bond donors (Lipinski definition) is 1. The van der Waals surface area contributed by atoms with Gasteiger partial charge >= 0.3 is 0 Å². The van der Waals surface area contributed by atoms with E-state index in [-0.39, 0.29) is 23.3 Å². The lowest BCUT2D eigenvalue weighted by atomic mass is 10.1. The zero-order valence-corrected chi connectivity index (χ0v) is 13.3. The van der Waals surface area contributed by atoms with Gasteiger partial charge in [0.05, 0.1) is 11.5 Å². The maximum Gasteiger partial charge on any atom is 0.255 e. The zero-order chi connectivity index (χ0) is 17.1. The molecule has 1 fully saturated rings. The highest BCUT2D eigenvalue weighted by Crippen LogP contribution is 2.20. The van der Waals surface area contributed by atoms with Crippen molar-refractivity contribution in [2.75, 3.05) is 18.4 Å². The zero-order valence-electron chi connectivity index (χ0n) is 13.3. The molecule has 2 aromatic heterocycles. The van der Waals surface area contributed by atoms with Crippen molar-refractivity contribution in [3.63, 3.8) is 0 Å². The van der Waals surface area contributed by atoms with Gasteiger partial charge in [-0.25, -0.2) is 4.98 Å². The number of pyridine rings is 2. The molecule has 0 unspecified atom stereocenters. The average Bonchev–Trinajstić information content (AvgIpc) is 3.08. The molecular weight excluding hydrogens is 308 g/mol. The minimum absolute atomic E-state index is 0.135. The fourth-order valence-corrected chi connectivity index (χ4v) is 2.73. The van der Waals surface area contributed by atoms with Crippen LogP contribution in [-0.4, -0.2) is 39.4 Å². The van der Waals surface area contributed by atoms with Crippen LogP contribution in [0, 0.1) is 5.92 Å². The quantitative estimate of drug-likeness (QED) is 0.907. The number of amides is 2. The van der Waals surface area contributed by atoms with E-state index >= 15 is 0 Å². The lowest BCUT2D eigenvalue weighted by molar-refractivity contribution is -0.119. The van der Waals surface area contributed by atoms with Crippen LogP contribution in [0.2, 0.25) is 0 Å². The molecule has 0 aromatic carbocycles. The molecule has 1 aliphatic heterocycles. The van der Waals surface area contributed by atoms with E-state index in [2.05, 4.69) is 10.3 Å². The Morgan fingerprint density at radius 3 is 2.79 bits per heavy atom. The van der Waals surface area contributed by atoms with E-state index in [1.165, 1.54) is 22.9 Å². The van der Waals surface area contributed by atoms with Gasteiger partial charge in [0, 0.05) is 38.6 Å². The largest absolute Gasteiger partial charge is 0.338 e. The van der Waals surface area contributed by atoms with Crippen molar-refractivity contribution in [3.8, 4) is 0 Å². The van der Waals surface area contributed by atoms with Crippen LogP contribution >= 0.6 is 0 Å². The molecule has 0 saturated carbocycles. The van der Waals surface area contributed by atoms with E-state index in [9.17, 15) is 14.4 Å². The highest BCUT2D eigenvalue weighted by Gasteiger charge is 2.31. The van der Waals surface area contributed by atoms with Gasteiger partial charge in [0.2, 0.25) is 11.5 Å². The lowest BCUT2D eigenvalue weighted by Gasteiger charge is -2.16. The van der Waals surface area contributed by atoms with Gasteiger partial charge in [-0.15, -0.1) is 0 Å². The summed E-state index contributed by atoms with van der Waals surface area (Å²) in [5.41, 5.74) is 0.281. The number of nitrogens with one attached hydrogen (secondary N) is 1. The second-order valence-electron chi connectivity index (χ2n) is 5.81. The number of hydrogen-bond acceptors (Lipinski definition) is 4. The maximum absolute atomic E-state index is 12.5. The molecule has 0 aliphatic carbocycles. The van der Waals surface area contributed by atoms with E-state index < -0.39 is 0 Å². The Bertz CT molecular complexity index is 816. The summed E-state index contributed by atoms with van der Waals surface area (Å²) in [5, 5.41) is 2.77. The van der Waals surface area contributed by atoms with Crippen LogP contribution in [0.1, 0.15) is 16.8 Å². The van der Waals surface area contributed by atoms with Crippen LogP contribution in [0.5, 0.6) is 0 Å². The van der Waals surface area contributed by atoms with Gasteiger partial charge in [0.1, 0.15) is 5.82 Å². The van der Waals surface area contributed by atoms with Gasteiger partial charge in [0.25, 0.3) is 5.91 Å². The minimum atomic E-state index is -0.261. The third-order valence-electron chi connectivity index (χ3n) is 4.10. The van der Waals surface area contributed by atoms with Crippen molar-refractivity contribution in [1.82, 2.24) is 14.5 Å². The number of carbonyl (C=O) groups excluding carboxylic acids is 2. The smallest absolute Gasteiger partial charge is 0.255 e. The van der Waals surface area contributed by atoms with Crippen LogP contribution in [0.4, 0.5) is 5.82 Å². The summed E-state index contributed by atoms with van der Waals surface area (Å²) in [6.45, 7) is 0.877. The second-order valence-corrected chi connectivity index (χ2v) is 5.81. The van der Waals surface area contributed by atoms with E-state index in [1.54, 1.807) is 36.3 Å². The molecule has 124 valence electrons. The molecule has 3 heterocycles. The molecular formula is C17H18N4O3. The topological polar surface area (TPSA) is 84.3 Å². The molecule has 2 amide bonds. The van der Waals surface area contributed by atoms with Gasteiger partial charge in [0.15, 0.2) is 0 Å². The predicted molar refractivity (Wildman–Crippen MR) is 88.6 cm³/mol. The Balaban J connectivity index is 1.64. The molecule has 0 spiro atoms. The summed E-state index contributed by atoms with van der Waals surface area (Å²) in [7, 11) is 1.60. The lowest BCUT2D eigenvalue weighted by Crippen LogP contribution is -2.32. The van der Waals surface area contributed by atoms with Gasteiger partial charge in [-0.2, -0.15) is 0 Å². The fourth-order valence-electron chi connectivity index (χ4n) is 2.73. The molecule has 1 saturated heterocycles.